The molecule has 0 fully saturated rings. The van der Waals surface area contributed by atoms with Gasteiger partial charge in [-0.25, -0.2) is 4.79 Å². The Hall–Kier alpha value is -2.11. The summed E-state index contributed by atoms with van der Waals surface area (Å²) in [5.41, 5.74) is 0.241. The van der Waals surface area contributed by atoms with Gasteiger partial charge in [0.25, 0.3) is 5.69 Å². The second-order valence-electron chi connectivity index (χ2n) is 4.96. The van der Waals surface area contributed by atoms with E-state index in [-0.39, 0.29) is 11.7 Å². The summed E-state index contributed by atoms with van der Waals surface area (Å²) in [6.07, 6.45) is 1.36. The van der Waals surface area contributed by atoms with Crippen molar-refractivity contribution in [1.82, 2.24) is 0 Å². The number of ether oxygens (including phenoxy) is 1. The molecule has 1 aromatic rings. The van der Waals surface area contributed by atoms with Gasteiger partial charge in [-0.15, -0.1) is 0 Å². The minimum Gasteiger partial charge on any atom is -0.467 e. The smallest absolute Gasteiger partial charge is 0.331 e. The first-order valence-electron chi connectivity index (χ1n) is 6.45. The van der Waals surface area contributed by atoms with Crippen molar-refractivity contribution in [1.29, 1.82) is 0 Å². The Labute approximate surface area is 118 Å². The van der Waals surface area contributed by atoms with Crippen LogP contribution in [0.15, 0.2) is 18.2 Å². The predicted octanol–water partition coefficient (Wildman–Crippen LogP) is 3.05. The van der Waals surface area contributed by atoms with E-state index in [9.17, 15) is 14.9 Å². The molecule has 0 amide bonds. The SMILES string of the molecule is CCCC(C)(Nc1ccc(C)c([N+](=O)[O-])c1)C(=O)OC. The van der Waals surface area contributed by atoms with Crippen molar-refractivity contribution in [3.8, 4) is 0 Å². The van der Waals surface area contributed by atoms with Gasteiger partial charge in [0.2, 0.25) is 0 Å². The van der Waals surface area contributed by atoms with E-state index in [4.69, 9.17) is 4.74 Å². The zero-order valence-electron chi connectivity index (χ0n) is 12.2. The summed E-state index contributed by atoms with van der Waals surface area (Å²) in [5.74, 6) is -0.387. The monoisotopic (exact) mass is 280 g/mol. The molecular weight excluding hydrogens is 260 g/mol. The Bertz CT molecular complexity index is 516. The lowest BCUT2D eigenvalue weighted by Crippen LogP contribution is -2.44. The number of carbonyl (C=O) groups excluding carboxylic acids is 1. The largest absolute Gasteiger partial charge is 0.467 e. The van der Waals surface area contributed by atoms with Crippen molar-refractivity contribution in [2.45, 2.75) is 39.2 Å². The molecule has 1 rings (SSSR count). The molecule has 1 N–H and O–H groups in total. The minimum atomic E-state index is -0.896. The van der Waals surface area contributed by atoms with E-state index in [0.717, 1.165) is 6.42 Å². The summed E-state index contributed by atoms with van der Waals surface area (Å²) < 4.78 is 4.81. The molecule has 0 saturated carbocycles. The highest BCUT2D eigenvalue weighted by Crippen LogP contribution is 2.26. The molecule has 110 valence electrons. The first kappa shape index (κ1) is 15.9. The van der Waals surface area contributed by atoms with Crippen LogP contribution in [0, 0.1) is 17.0 Å². The number of benzene rings is 1. The first-order chi connectivity index (χ1) is 9.34. The number of anilines is 1. The number of hydrogen-bond acceptors (Lipinski definition) is 5. The van der Waals surface area contributed by atoms with Crippen LogP contribution in [0.2, 0.25) is 0 Å². The minimum absolute atomic E-state index is 0.0266. The van der Waals surface area contributed by atoms with Crippen LogP contribution in [-0.4, -0.2) is 23.5 Å². The van der Waals surface area contributed by atoms with Crippen LogP contribution < -0.4 is 5.32 Å². The fourth-order valence-corrected chi connectivity index (χ4v) is 2.14. The molecule has 6 heteroatoms. The van der Waals surface area contributed by atoms with Crippen molar-refractivity contribution in [3.63, 3.8) is 0 Å². The molecule has 1 unspecified atom stereocenters. The number of aryl methyl sites for hydroxylation is 1. The van der Waals surface area contributed by atoms with Gasteiger partial charge in [0.1, 0.15) is 5.54 Å². The molecule has 0 aliphatic heterocycles. The van der Waals surface area contributed by atoms with Crippen molar-refractivity contribution in [2.24, 2.45) is 0 Å². The summed E-state index contributed by atoms with van der Waals surface area (Å²) >= 11 is 0. The maximum Gasteiger partial charge on any atom is 0.331 e. The van der Waals surface area contributed by atoms with Crippen LogP contribution >= 0.6 is 0 Å². The number of rotatable bonds is 6. The van der Waals surface area contributed by atoms with E-state index >= 15 is 0 Å². The Kier molecular flexibility index (Phi) is 5.07. The highest BCUT2D eigenvalue weighted by Gasteiger charge is 2.33. The van der Waals surface area contributed by atoms with Crippen LogP contribution in [-0.2, 0) is 9.53 Å². The third kappa shape index (κ3) is 3.46. The van der Waals surface area contributed by atoms with E-state index in [1.165, 1.54) is 13.2 Å². The van der Waals surface area contributed by atoms with Crippen LogP contribution in [0.3, 0.4) is 0 Å². The predicted molar refractivity (Wildman–Crippen MR) is 76.8 cm³/mol. The third-order valence-corrected chi connectivity index (χ3v) is 3.21. The number of methoxy groups -OCH3 is 1. The Morgan fingerprint density at radius 3 is 2.65 bits per heavy atom. The Morgan fingerprint density at radius 1 is 1.50 bits per heavy atom. The molecule has 0 aliphatic rings. The fourth-order valence-electron chi connectivity index (χ4n) is 2.14. The van der Waals surface area contributed by atoms with Gasteiger partial charge in [0.05, 0.1) is 12.0 Å². The van der Waals surface area contributed by atoms with Crippen LogP contribution in [0.5, 0.6) is 0 Å². The van der Waals surface area contributed by atoms with E-state index in [1.807, 2.05) is 6.92 Å². The number of hydrogen-bond donors (Lipinski definition) is 1. The van der Waals surface area contributed by atoms with Crippen LogP contribution in [0.25, 0.3) is 0 Å². The summed E-state index contributed by atoms with van der Waals surface area (Å²) in [7, 11) is 1.33. The molecule has 0 radical (unpaired) electrons. The number of nitro benzene ring substituents is 1. The van der Waals surface area contributed by atoms with Gasteiger partial charge < -0.3 is 10.1 Å². The summed E-state index contributed by atoms with van der Waals surface area (Å²) in [4.78, 5) is 22.4. The van der Waals surface area contributed by atoms with Gasteiger partial charge in [-0.05, 0) is 26.3 Å². The fraction of sp³-hybridized carbons (Fsp3) is 0.500. The van der Waals surface area contributed by atoms with Gasteiger partial charge in [0, 0.05) is 17.3 Å². The van der Waals surface area contributed by atoms with Crippen LogP contribution in [0.4, 0.5) is 11.4 Å². The highest BCUT2D eigenvalue weighted by atomic mass is 16.6. The standard InChI is InChI=1S/C14H20N2O4/c1-5-8-14(3,13(17)20-4)15-11-7-6-10(2)12(9-11)16(18)19/h6-7,9,15H,5,8H2,1-4H3. The Balaban J connectivity index is 3.09. The molecule has 6 nitrogen and oxygen atoms in total. The highest BCUT2D eigenvalue weighted by molar-refractivity contribution is 5.84. The summed E-state index contributed by atoms with van der Waals surface area (Å²) in [5, 5.41) is 14.0. The molecule has 1 atom stereocenters. The van der Waals surface area contributed by atoms with Crippen LogP contribution in [0.1, 0.15) is 32.3 Å². The van der Waals surface area contributed by atoms with E-state index < -0.39 is 10.5 Å². The first-order valence-corrected chi connectivity index (χ1v) is 6.45. The average Bonchev–Trinajstić information content (AvgIpc) is 2.40. The maximum absolute atomic E-state index is 11.9. The average molecular weight is 280 g/mol. The van der Waals surface area contributed by atoms with Gasteiger partial charge in [-0.3, -0.25) is 10.1 Å². The lowest BCUT2D eigenvalue weighted by Gasteiger charge is -2.28. The normalized spacial score (nSPS) is 13.4. The zero-order chi connectivity index (χ0) is 15.3. The lowest BCUT2D eigenvalue weighted by atomic mass is 9.95. The van der Waals surface area contributed by atoms with Gasteiger partial charge in [-0.2, -0.15) is 0 Å². The molecule has 0 spiro atoms. The van der Waals surface area contributed by atoms with E-state index in [2.05, 4.69) is 5.32 Å². The molecule has 0 aliphatic carbocycles. The summed E-state index contributed by atoms with van der Waals surface area (Å²) in [6.45, 7) is 5.36. The molecule has 0 bridgehead atoms. The van der Waals surface area contributed by atoms with Crippen molar-refractivity contribution >= 4 is 17.3 Å². The van der Waals surface area contributed by atoms with Crippen molar-refractivity contribution in [2.75, 3.05) is 12.4 Å². The molecule has 0 saturated heterocycles. The third-order valence-electron chi connectivity index (χ3n) is 3.21. The number of carbonyl (C=O) groups is 1. The topological polar surface area (TPSA) is 81.5 Å². The molecular formula is C14H20N2O4. The second-order valence-corrected chi connectivity index (χ2v) is 4.96. The molecule has 0 aromatic heterocycles. The quantitative estimate of drug-likeness (QED) is 0.492. The second kappa shape index (κ2) is 6.36. The van der Waals surface area contributed by atoms with Gasteiger partial charge >= 0.3 is 5.97 Å². The maximum atomic E-state index is 11.9. The summed E-state index contributed by atoms with van der Waals surface area (Å²) in [6, 6.07) is 4.81. The number of nitrogens with one attached hydrogen (secondary N) is 1. The van der Waals surface area contributed by atoms with Gasteiger partial charge in [0.15, 0.2) is 0 Å². The molecule has 0 heterocycles. The number of nitrogens with zero attached hydrogens (tertiary/aromatic N) is 1. The zero-order valence-corrected chi connectivity index (χ0v) is 12.2. The van der Waals surface area contributed by atoms with Crippen molar-refractivity contribution in [3.05, 3.63) is 33.9 Å². The number of nitro groups is 1. The Morgan fingerprint density at radius 2 is 2.15 bits per heavy atom. The molecule has 1 aromatic carbocycles. The number of esters is 1. The van der Waals surface area contributed by atoms with E-state index in [1.54, 1.807) is 26.0 Å². The van der Waals surface area contributed by atoms with Gasteiger partial charge in [-0.1, -0.05) is 19.4 Å². The molecule has 20 heavy (non-hydrogen) atoms. The van der Waals surface area contributed by atoms with E-state index in [0.29, 0.717) is 17.7 Å². The van der Waals surface area contributed by atoms with Crippen molar-refractivity contribution < 1.29 is 14.5 Å². The lowest BCUT2D eigenvalue weighted by molar-refractivity contribution is -0.385.